The molecule has 6 nitrogen and oxygen atoms in total. The minimum atomic E-state index is -3.52. The van der Waals surface area contributed by atoms with E-state index in [4.69, 9.17) is 20.7 Å². The van der Waals surface area contributed by atoms with Crippen molar-refractivity contribution in [2.45, 2.75) is 4.90 Å². The molecule has 0 saturated carbocycles. The zero-order chi connectivity index (χ0) is 19.2. The largest absolute Gasteiger partial charge is 0.453 e. The fourth-order valence-electron chi connectivity index (χ4n) is 2.54. The molecule has 3 aromatic rings. The van der Waals surface area contributed by atoms with Crippen LogP contribution < -0.4 is 10.5 Å². The number of rotatable bonds is 4. The van der Waals surface area contributed by atoms with Crippen LogP contribution in [0, 0.1) is 27.6 Å². The maximum absolute atomic E-state index is 14.6. The van der Waals surface area contributed by atoms with E-state index < -0.39 is 38.8 Å². The van der Waals surface area contributed by atoms with Gasteiger partial charge in [0.05, 0.1) is 20.8 Å². The molecule has 10 heteroatoms. The molecule has 1 unspecified atom stereocenters. The Hall–Kier alpha value is -3.01. The third-order valence-electron chi connectivity index (χ3n) is 3.65. The van der Waals surface area contributed by atoms with Gasteiger partial charge in [-0.3, -0.25) is 5.41 Å². The number of benzene rings is 2. The van der Waals surface area contributed by atoms with E-state index in [1.807, 2.05) is 0 Å². The molecule has 3 rings (SSSR count). The van der Waals surface area contributed by atoms with Crippen LogP contribution in [-0.4, -0.2) is 21.3 Å². The smallest absolute Gasteiger partial charge is 0.204 e. The minimum Gasteiger partial charge on any atom is -0.453 e. The van der Waals surface area contributed by atoms with Gasteiger partial charge in [0.25, 0.3) is 0 Å². The van der Waals surface area contributed by atoms with Gasteiger partial charge < -0.3 is 15.5 Å². The van der Waals surface area contributed by atoms with E-state index >= 15 is 0 Å². The standard InChI is InChI=1S/C16H13F3N4O2S/c1-26(22,24)15-8-4-5-23-13(8)11(18)12(19)14(15)25-7-2-3-10(17)9(6-7)16(20)21/h2-6,22-23H,1H3,(H3,20,21). The number of aromatic amines is 1. The van der Waals surface area contributed by atoms with Gasteiger partial charge in [0.2, 0.25) is 5.82 Å². The summed E-state index contributed by atoms with van der Waals surface area (Å²) >= 11 is 0. The molecule has 0 fully saturated rings. The molecule has 0 bridgehead atoms. The fraction of sp³-hybridized carbons (Fsp3) is 0.0625. The van der Waals surface area contributed by atoms with Crippen molar-refractivity contribution in [1.29, 1.82) is 10.2 Å². The number of aromatic nitrogens is 1. The van der Waals surface area contributed by atoms with Gasteiger partial charge in [-0.15, -0.1) is 0 Å². The van der Waals surface area contributed by atoms with Crippen molar-refractivity contribution in [3.63, 3.8) is 0 Å². The van der Waals surface area contributed by atoms with Gasteiger partial charge in [-0.05, 0) is 24.3 Å². The molecule has 0 saturated heterocycles. The van der Waals surface area contributed by atoms with E-state index in [2.05, 4.69) is 4.98 Å². The summed E-state index contributed by atoms with van der Waals surface area (Å²) in [6.07, 6.45) is 2.36. The third-order valence-corrected chi connectivity index (χ3v) is 4.83. The van der Waals surface area contributed by atoms with Crippen LogP contribution in [0.25, 0.3) is 10.9 Å². The molecule has 0 radical (unpaired) electrons. The van der Waals surface area contributed by atoms with Crippen molar-refractivity contribution in [2.75, 3.05) is 6.26 Å². The van der Waals surface area contributed by atoms with E-state index in [1.54, 1.807) is 0 Å². The second-order valence-corrected chi connectivity index (χ2v) is 7.65. The first-order chi connectivity index (χ1) is 12.1. The maximum Gasteiger partial charge on any atom is 0.204 e. The summed E-state index contributed by atoms with van der Waals surface area (Å²) in [6, 6.07) is 4.44. The molecule has 0 spiro atoms. The van der Waals surface area contributed by atoms with Crippen LogP contribution in [0.4, 0.5) is 13.2 Å². The van der Waals surface area contributed by atoms with Gasteiger partial charge in [0.15, 0.2) is 11.6 Å². The third kappa shape index (κ3) is 2.88. The Balaban J connectivity index is 2.27. The summed E-state index contributed by atoms with van der Waals surface area (Å²) in [5, 5.41) is 7.36. The second kappa shape index (κ2) is 6.06. The molecular formula is C16H13F3N4O2S. The predicted molar refractivity (Wildman–Crippen MR) is 90.8 cm³/mol. The first kappa shape index (κ1) is 17.8. The average molecular weight is 382 g/mol. The van der Waals surface area contributed by atoms with Gasteiger partial charge in [-0.1, -0.05) is 0 Å². The highest BCUT2D eigenvalue weighted by atomic mass is 32.2. The van der Waals surface area contributed by atoms with E-state index in [0.29, 0.717) is 0 Å². The van der Waals surface area contributed by atoms with E-state index in [0.717, 1.165) is 24.5 Å². The molecule has 1 atom stereocenters. The van der Waals surface area contributed by atoms with Crippen LogP contribution in [0.5, 0.6) is 11.5 Å². The highest BCUT2D eigenvalue weighted by Crippen LogP contribution is 2.39. The summed E-state index contributed by atoms with van der Waals surface area (Å²) in [4.78, 5) is 2.16. The lowest BCUT2D eigenvalue weighted by molar-refractivity contribution is 0.408. The number of nitrogen functional groups attached to an aromatic ring is 1. The van der Waals surface area contributed by atoms with Crippen molar-refractivity contribution < 1.29 is 22.1 Å². The Morgan fingerprint density at radius 3 is 2.54 bits per heavy atom. The van der Waals surface area contributed by atoms with Crippen LogP contribution in [0.15, 0.2) is 35.4 Å². The Kier molecular flexibility index (Phi) is 4.15. The van der Waals surface area contributed by atoms with Crippen LogP contribution in [0.2, 0.25) is 0 Å². The van der Waals surface area contributed by atoms with Crippen molar-refractivity contribution in [3.05, 3.63) is 53.5 Å². The Bertz CT molecular complexity index is 1160. The Labute approximate surface area is 146 Å². The van der Waals surface area contributed by atoms with Gasteiger partial charge >= 0.3 is 0 Å². The zero-order valence-corrected chi connectivity index (χ0v) is 14.1. The molecule has 0 aliphatic carbocycles. The quantitative estimate of drug-likeness (QED) is 0.407. The van der Waals surface area contributed by atoms with Gasteiger partial charge in [-0.2, -0.15) is 4.39 Å². The minimum absolute atomic E-state index is 0.0373. The van der Waals surface area contributed by atoms with Crippen molar-refractivity contribution >= 4 is 26.5 Å². The number of nitrogens with one attached hydrogen (secondary N) is 3. The van der Waals surface area contributed by atoms with Crippen molar-refractivity contribution in [2.24, 2.45) is 5.73 Å². The number of ether oxygens (including phenoxy) is 1. The number of fused-ring (bicyclic) bond motifs is 1. The van der Waals surface area contributed by atoms with Gasteiger partial charge in [0, 0.05) is 17.8 Å². The molecule has 2 aromatic carbocycles. The molecule has 1 heterocycles. The van der Waals surface area contributed by atoms with Crippen LogP contribution in [0.3, 0.4) is 0 Å². The topological polar surface area (TPSA) is 116 Å². The highest BCUT2D eigenvalue weighted by molar-refractivity contribution is 7.92. The first-order valence-corrected chi connectivity index (χ1v) is 9.11. The number of halogens is 3. The van der Waals surface area contributed by atoms with Gasteiger partial charge in [0.1, 0.15) is 22.3 Å². The second-order valence-electron chi connectivity index (χ2n) is 5.55. The van der Waals surface area contributed by atoms with Crippen LogP contribution in [-0.2, 0) is 9.73 Å². The molecule has 136 valence electrons. The van der Waals surface area contributed by atoms with Crippen molar-refractivity contribution in [3.8, 4) is 11.5 Å². The summed E-state index contributed by atoms with van der Waals surface area (Å²) < 4.78 is 68.0. The maximum atomic E-state index is 14.6. The SMILES string of the molecule is CS(=N)(=O)c1c(Oc2ccc(F)c(C(=N)N)c2)c(F)c(F)c2[nH]ccc12. The number of H-pyrrole nitrogens is 1. The van der Waals surface area contributed by atoms with Gasteiger partial charge in [-0.25, -0.2) is 17.8 Å². The Morgan fingerprint density at radius 1 is 1.23 bits per heavy atom. The lowest BCUT2D eigenvalue weighted by atomic mass is 10.2. The lowest BCUT2D eigenvalue weighted by Gasteiger charge is -2.15. The molecule has 0 aliphatic heterocycles. The fourth-order valence-corrected chi connectivity index (χ4v) is 3.62. The summed E-state index contributed by atoms with van der Waals surface area (Å²) in [5.74, 6) is -4.97. The van der Waals surface area contributed by atoms with E-state index in [9.17, 15) is 17.4 Å². The molecule has 26 heavy (non-hydrogen) atoms. The monoisotopic (exact) mass is 382 g/mol. The van der Waals surface area contributed by atoms with Crippen LogP contribution >= 0.6 is 0 Å². The predicted octanol–water partition coefficient (Wildman–Crippen LogP) is 3.70. The van der Waals surface area contributed by atoms with Crippen LogP contribution in [0.1, 0.15) is 5.56 Å². The summed E-state index contributed by atoms with van der Waals surface area (Å²) in [6.45, 7) is 0. The zero-order valence-electron chi connectivity index (χ0n) is 13.3. The Morgan fingerprint density at radius 2 is 1.92 bits per heavy atom. The molecule has 5 N–H and O–H groups in total. The summed E-state index contributed by atoms with van der Waals surface area (Å²) in [7, 11) is -3.52. The number of amidine groups is 1. The molecule has 0 amide bonds. The number of nitrogens with two attached hydrogens (primary N) is 1. The first-order valence-electron chi connectivity index (χ1n) is 7.15. The van der Waals surface area contributed by atoms with E-state index in [1.165, 1.54) is 12.3 Å². The van der Waals surface area contributed by atoms with Crippen molar-refractivity contribution in [1.82, 2.24) is 4.98 Å². The summed E-state index contributed by atoms with van der Waals surface area (Å²) in [5.41, 5.74) is 4.73. The molecule has 1 aromatic heterocycles. The number of hydrogen-bond donors (Lipinski definition) is 4. The van der Waals surface area contributed by atoms with E-state index in [-0.39, 0.29) is 27.1 Å². The lowest BCUT2D eigenvalue weighted by Crippen LogP contribution is -2.13. The number of hydrogen-bond acceptors (Lipinski definition) is 4. The highest BCUT2D eigenvalue weighted by Gasteiger charge is 2.27. The molecule has 0 aliphatic rings. The molecular weight excluding hydrogens is 369 g/mol. The average Bonchev–Trinajstić information content (AvgIpc) is 3.01. The normalized spacial score (nSPS) is 13.5.